The molecule has 0 saturated heterocycles. The molecule has 6 heteroatoms. The van der Waals surface area contributed by atoms with E-state index in [1.165, 1.54) is 49.0 Å². The van der Waals surface area contributed by atoms with Gasteiger partial charge in [-0.3, -0.25) is 0 Å². The Kier molecular flexibility index (Phi) is 4.66. The molecular weight excluding hydrogens is 320 g/mol. The fourth-order valence-electron chi connectivity index (χ4n) is 3.48. The molecule has 0 amide bonds. The van der Waals surface area contributed by atoms with Gasteiger partial charge in [-0.25, -0.2) is 23.1 Å². The topological polar surface area (TPSA) is 104 Å². The molecule has 0 saturated carbocycles. The summed E-state index contributed by atoms with van der Waals surface area (Å²) in [7, 11) is -4.94. The van der Waals surface area contributed by atoms with Crippen LogP contribution in [0, 0.1) is 10.2 Å². The highest BCUT2D eigenvalue weighted by atomic mass is 35.7. The summed E-state index contributed by atoms with van der Waals surface area (Å²) in [5.74, 6) is 2.40. The van der Waals surface area contributed by atoms with Crippen molar-refractivity contribution in [3.05, 3.63) is 52.8 Å². The number of aryl methyl sites for hydroxylation is 1. The van der Waals surface area contributed by atoms with Gasteiger partial charge in [-0.2, -0.15) is 0 Å². The Balaban J connectivity index is 0.000000276. The van der Waals surface area contributed by atoms with Gasteiger partial charge >= 0.3 is 11.5 Å². The predicted molar refractivity (Wildman–Crippen MR) is 72.6 cm³/mol. The van der Waals surface area contributed by atoms with E-state index in [-0.39, 0.29) is 0 Å². The van der Waals surface area contributed by atoms with Gasteiger partial charge in [0.25, 0.3) is 0 Å². The molecule has 0 radical (unpaired) electrons. The highest BCUT2D eigenvalue weighted by Crippen LogP contribution is 2.39. The SMILES string of the molecule is [O-][Cl+3]([O-])([O-])[O-].c1ccc(-c2[o+]c3c(c4c2CCC4)CCC3)cc1. The molecule has 0 unspecified atom stereocenters. The maximum absolute atomic E-state index is 8.49. The molecule has 0 spiro atoms. The Labute approximate surface area is 136 Å². The van der Waals surface area contributed by atoms with Crippen LogP contribution in [-0.2, 0) is 25.7 Å². The Bertz CT molecular complexity index is 688. The van der Waals surface area contributed by atoms with E-state index in [2.05, 4.69) is 30.3 Å². The monoisotopic (exact) mass is 336 g/mol. The number of halogens is 1. The second kappa shape index (κ2) is 6.55. The Morgan fingerprint density at radius 2 is 1.30 bits per heavy atom. The van der Waals surface area contributed by atoms with Crippen molar-refractivity contribution in [1.82, 2.24) is 0 Å². The molecule has 23 heavy (non-hydrogen) atoms. The molecule has 1 aromatic heterocycles. The molecule has 0 aliphatic heterocycles. The van der Waals surface area contributed by atoms with E-state index in [9.17, 15) is 0 Å². The maximum Gasteiger partial charge on any atom is 0.363 e. The molecule has 0 fully saturated rings. The van der Waals surface area contributed by atoms with E-state index in [1.807, 2.05) is 0 Å². The van der Waals surface area contributed by atoms with Crippen molar-refractivity contribution in [2.24, 2.45) is 0 Å². The third-order valence-electron chi connectivity index (χ3n) is 4.28. The van der Waals surface area contributed by atoms with E-state index in [4.69, 9.17) is 23.1 Å². The second-order valence-electron chi connectivity index (χ2n) is 5.74. The molecule has 122 valence electrons. The van der Waals surface area contributed by atoms with E-state index < -0.39 is 10.2 Å². The molecule has 0 bridgehead atoms. The van der Waals surface area contributed by atoms with Gasteiger partial charge in [0, 0.05) is 0 Å². The molecule has 0 atom stereocenters. The van der Waals surface area contributed by atoms with Crippen LogP contribution < -0.4 is 18.6 Å². The van der Waals surface area contributed by atoms with Gasteiger partial charge in [0.05, 0.1) is 23.1 Å². The van der Waals surface area contributed by atoms with Crippen LogP contribution in [0.15, 0.2) is 34.7 Å². The van der Waals surface area contributed by atoms with Crippen LogP contribution in [0.3, 0.4) is 0 Å². The zero-order valence-electron chi connectivity index (χ0n) is 12.5. The summed E-state index contributed by atoms with van der Waals surface area (Å²) in [4.78, 5) is 0. The third-order valence-corrected chi connectivity index (χ3v) is 4.28. The molecule has 2 aromatic rings. The highest BCUT2D eigenvalue weighted by molar-refractivity contribution is 5.65. The number of rotatable bonds is 1. The Morgan fingerprint density at radius 1 is 0.739 bits per heavy atom. The van der Waals surface area contributed by atoms with Crippen LogP contribution in [0.4, 0.5) is 0 Å². The normalized spacial score (nSPS) is 15.7. The molecular formula is C17H17ClO5. The summed E-state index contributed by atoms with van der Waals surface area (Å²) in [5, 5.41) is 0. The molecule has 4 rings (SSSR count). The van der Waals surface area contributed by atoms with Crippen molar-refractivity contribution in [1.29, 1.82) is 0 Å². The first-order valence-corrected chi connectivity index (χ1v) is 8.83. The maximum atomic E-state index is 8.49. The quantitative estimate of drug-likeness (QED) is 0.650. The molecule has 1 aromatic carbocycles. The van der Waals surface area contributed by atoms with Gasteiger partial charge < -0.3 is 0 Å². The van der Waals surface area contributed by atoms with Gasteiger partial charge in [0.2, 0.25) is 0 Å². The molecule has 2 aliphatic carbocycles. The van der Waals surface area contributed by atoms with E-state index >= 15 is 0 Å². The largest absolute Gasteiger partial charge is 0.363 e. The summed E-state index contributed by atoms with van der Waals surface area (Å²) in [6.07, 6.45) is 7.37. The molecule has 2 aliphatic rings. The first-order chi connectivity index (χ1) is 10.9. The lowest BCUT2D eigenvalue weighted by Gasteiger charge is -2.17. The van der Waals surface area contributed by atoms with Gasteiger partial charge in [-0.1, -0.05) is 18.2 Å². The minimum Gasteiger partial charge on any atom is -0.222 e. The van der Waals surface area contributed by atoms with Gasteiger partial charge in [-0.05, 0) is 49.8 Å². The standard InChI is InChI=1S/C17H17O.ClHO4/c1-2-6-12(7-3-1)17-15-10-4-8-13(15)14-9-5-11-16(14)18-17;2-1(3,4)5/h1-3,6-7H,4-5,8-11H2;(H,2,3,4,5)/q+1;/p-1. The van der Waals surface area contributed by atoms with Crippen molar-refractivity contribution >= 4 is 0 Å². The van der Waals surface area contributed by atoms with Crippen LogP contribution >= 0.6 is 0 Å². The zero-order valence-corrected chi connectivity index (χ0v) is 13.3. The lowest BCUT2D eigenvalue weighted by molar-refractivity contribution is -2.00. The van der Waals surface area contributed by atoms with Gasteiger partial charge in [0.1, 0.15) is 0 Å². The first-order valence-electron chi connectivity index (χ1n) is 7.60. The minimum atomic E-state index is -4.94. The minimum absolute atomic E-state index is 1.13. The summed E-state index contributed by atoms with van der Waals surface area (Å²) in [6, 6.07) is 10.6. The van der Waals surface area contributed by atoms with Gasteiger partial charge in [0.15, 0.2) is 0 Å². The lowest BCUT2D eigenvalue weighted by atomic mass is 10.00. The molecule has 5 nitrogen and oxygen atoms in total. The second-order valence-corrected chi connectivity index (χ2v) is 6.50. The van der Waals surface area contributed by atoms with Crippen molar-refractivity contribution in [3.8, 4) is 11.3 Å². The average molecular weight is 337 g/mol. The highest BCUT2D eigenvalue weighted by Gasteiger charge is 2.35. The third kappa shape index (κ3) is 3.88. The Morgan fingerprint density at radius 3 is 2.00 bits per heavy atom. The number of hydrogen-bond donors (Lipinski definition) is 0. The van der Waals surface area contributed by atoms with Crippen molar-refractivity contribution in [3.63, 3.8) is 0 Å². The summed E-state index contributed by atoms with van der Waals surface area (Å²) < 4.78 is 40.2. The van der Waals surface area contributed by atoms with Crippen molar-refractivity contribution in [2.75, 3.05) is 0 Å². The van der Waals surface area contributed by atoms with Crippen LogP contribution in [0.1, 0.15) is 35.3 Å². The van der Waals surface area contributed by atoms with Crippen LogP contribution in [0.2, 0.25) is 0 Å². The first kappa shape index (κ1) is 16.4. The van der Waals surface area contributed by atoms with E-state index in [0.717, 1.165) is 12.2 Å². The van der Waals surface area contributed by atoms with Crippen molar-refractivity contribution < 1.29 is 33.3 Å². The fourth-order valence-corrected chi connectivity index (χ4v) is 3.48. The molecule has 1 heterocycles. The smallest absolute Gasteiger partial charge is 0.222 e. The zero-order chi connectivity index (χ0) is 16.4. The van der Waals surface area contributed by atoms with Gasteiger partial charge in [-0.15, -0.1) is 10.2 Å². The van der Waals surface area contributed by atoms with Crippen molar-refractivity contribution in [2.45, 2.75) is 38.5 Å². The lowest BCUT2D eigenvalue weighted by Crippen LogP contribution is -2.68. The molecule has 0 N–H and O–H groups in total. The van der Waals surface area contributed by atoms with Crippen LogP contribution in [0.25, 0.3) is 11.3 Å². The summed E-state index contributed by atoms with van der Waals surface area (Å²) in [6.45, 7) is 0. The predicted octanol–water partition coefficient (Wildman–Crippen LogP) is -0.551. The number of benzene rings is 1. The summed E-state index contributed by atoms with van der Waals surface area (Å²) in [5.41, 5.74) is 5.89. The average Bonchev–Trinajstić information content (AvgIpc) is 3.13. The van der Waals surface area contributed by atoms with E-state index in [1.54, 1.807) is 11.1 Å². The van der Waals surface area contributed by atoms with Crippen LogP contribution in [0.5, 0.6) is 0 Å². The Hall–Kier alpha value is -1.50. The fraction of sp³-hybridized carbons (Fsp3) is 0.353. The van der Waals surface area contributed by atoms with E-state index in [0.29, 0.717) is 0 Å². The number of fused-ring (bicyclic) bond motifs is 3. The van der Waals surface area contributed by atoms with Crippen LogP contribution in [-0.4, -0.2) is 0 Å². The number of hydrogen-bond acceptors (Lipinski definition) is 4. The summed E-state index contributed by atoms with van der Waals surface area (Å²) >= 11 is 0.